The lowest BCUT2D eigenvalue weighted by Gasteiger charge is -2.18. The summed E-state index contributed by atoms with van der Waals surface area (Å²) in [4.78, 5) is 25.9. The summed E-state index contributed by atoms with van der Waals surface area (Å²) in [6.07, 6.45) is 8.26. The maximum atomic E-state index is 13.0. The Morgan fingerprint density at radius 2 is 1.92 bits per heavy atom. The van der Waals surface area contributed by atoms with E-state index in [1.54, 1.807) is 24.8 Å². The number of amides is 1. The van der Waals surface area contributed by atoms with Crippen LogP contribution in [0.3, 0.4) is 0 Å². The van der Waals surface area contributed by atoms with Gasteiger partial charge in [0.25, 0.3) is 5.91 Å². The van der Waals surface area contributed by atoms with Crippen molar-refractivity contribution >= 4 is 28.1 Å². The van der Waals surface area contributed by atoms with E-state index in [1.165, 1.54) is 17.5 Å². The van der Waals surface area contributed by atoms with E-state index in [4.69, 9.17) is 4.74 Å². The number of aryl methyl sites for hydroxylation is 1. The monoisotopic (exact) mass is 512 g/mol. The highest BCUT2D eigenvalue weighted by molar-refractivity contribution is 7.18. The molecular formula is C26H24N8O2S. The molecule has 0 fully saturated rings. The summed E-state index contributed by atoms with van der Waals surface area (Å²) in [6.45, 7) is 2.39. The molecule has 1 unspecified atom stereocenters. The molecule has 4 heterocycles. The van der Waals surface area contributed by atoms with Gasteiger partial charge in [-0.2, -0.15) is 0 Å². The molecule has 1 amide bonds. The van der Waals surface area contributed by atoms with Gasteiger partial charge in [0.15, 0.2) is 0 Å². The third kappa shape index (κ3) is 5.96. The second kappa shape index (κ2) is 11.0. The van der Waals surface area contributed by atoms with E-state index in [-0.39, 0.29) is 12.0 Å². The predicted molar refractivity (Wildman–Crippen MR) is 141 cm³/mol. The Balaban J connectivity index is 1.35. The molecule has 5 aromatic rings. The van der Waals surface area contributed by atoms with Gasteiger partial charge in [0, 0.05) is 37.4 Å². The molecule has 0 aliphatic carbocycles. The molecule has 0 aliphatic heterocycles. The standard InChI is InChI=1S/C26H24N8O2S/c1-17(18-6-4-3-5-7-18)36-24-22(28-14-21-15-34(2)16-30-21)12-20(13-29-24)23(35)31-26-33-32-25(37-26)19-8-10-27-11-9-19/h3-13,15-17,28H,14H2,1-2H3,(H,31,33,35). The fraction of sp³-hybridized carbons (Fsp3) is 0.154. The molecule has 0 aliphatic rings. The zero-order chi connectivity index (χ0) is 25.6. The van der Waals surface area contributed by atoms with Crippen LogP contribution in [0.2, 0.25) is 0 Å². The van der Waals surface area contributed by atoms with Crippen LogP contribution in [-0.2, 0) is 13.6 Å². The highest BCUT2D eigenvalue weighted by atomic mass is 32.1. The zero-order valence-corrected chi connectivity index (χ0v) is 21.0. The molecule has 0 radical (unpaired) electrons. The van der Waals surface area contributed by atoms with Crippen molar-refractivity contribution in [2.45, 2.75) is 19.6 Å². The summed E-state index contributed by atoms with van der Waals surface area (Å²) in [7, 11) is 1.91. The molecule has 0 bridgehead atoms. The first-order chi connectivity index (χ1) is 18.0. The Morgan fingerprint density at radius 1 is 1.11 bits per heavy atom. The lowest BCUT2D eigenvalue weighted by Crippen LogP contribution is -2.14. The Labute approximate surface area is 217 Å². The van der Waals surface area contributed by atoms with Gasteiger partial charge >= 0.3 is 0 Å². The Kier molecular flexibility index (Phi) is 7.13. The van der Waals surface area contributed by atoms with Crippen molar-refractivity contribution in [2.75, 3.05) is 10.6 Å². The molecule has 0 spiro atoms. The van der Waals surface area contributed by atoms with Gasteiger partial charge in [-0.25, -0.2) is 9.97 Å². The van der Waals surface area contributed by atoms with Crippen molar-refractivity contribution in [1.82, 2.24) is 29.7 Å². The summed E-state index contributed by atoms with van der Waals surface area (Å²) >= 11 is 1.28. The van der Waals surface area contributed by atoms with E-state index in [2.05, 4.69) is 35.8 Å². The molecule has 1 atom stereocenters. The number of nitrogens with one attached hydrogen (secondary N) is 2. The number of hydrogen-bond acceptors (Lipinski definition) is 9. The van der Waals surface area contributed by atoms with Gasteiger partial charge < -0.3 is 14.6 Å². The van der Waals surface area contributed by atoms with Gasteiger partial charge in [0.2, 0.25) is 11.0 Å². The summed E-state index contributed by atoms with van der Waals surface area (Å²) in [5, 5.41) is 15.4. The SMILES string of the molecule is CC(Oc1ncc(C(=O)Nc2nnc(-c3ccncc3)s2)cc1NCc1cn(C)cn1)c1ccccc1. The van der Waals surface area contributed by atoms with Crippen LogP contribution in [0.5, 0.6) is 5.88 Å². The van der Waals surface area contributed by atoms with Crippen LogP contribution in [-0.4, -0.2) is 35.6 Å². The van der Waals surface area contributed by atoms with Gasteiger partial charge in [-0.15, -0.1) is 10.2 Å². The number of carbonyl (C=O) groups is 1. The van der Waals surface area contributed by atoms with Crippen LogP contribution in [0, 0.1) is 0 Å². The zero-order valence-electron chi connectivity index (χ0n) is 20.2. The number of ether oxygens (including phenoxy) is 1. The fourth-order valence-electron chi connectivity index (χ4n) is 3.55. The van der Waals surface area contributed by atoms with Crippen molar-refractivity contribution in [2.24, 2.45) is 7.05 Å². The molecule has 0 saturated carbocycles. The first-order valence-electron chi connectivity index (χ1n) is 11.5. The Bertz CT molecular complexity index is 1490. The second-order valence-corrected chi connectivity index (χ2v) is 9.21. The van der Waals surface area contributed by atoms with Gasteiger partial charge in [0.05, 0.1) is 29.8 Å². The number of aromatic nitrogens is 6. The molecule has 4 aromatic heterocycles. The number of nitrogens with zero attached hydrogens (tertiary/aromatic N) is 6. The number of rotatable bonds is 9. The minimum atomic E-state index is -0.353. The van der Waals surface area contributed by atoms with Crippen molar-refractivity contribution in [1.29, 1.82) is 0 Å². The lowest BCUT2D eigenvalue weighted by atomic mass is 10.1. The van der Waals surface area contributed by atoms with Crippen LogP contribution in [0.25, 0.3) is 10.6 Å². The number of hydrogen-bond donors (Lipinski definition) is 2. The molecule has 11 heteroatoms. The molecule has 10 nitrogen and oxygen atoms in total. The van der Waals surface area contributed by atoms with E-state index in [1.807, 2.05) is 67.2 Å². The van der Waals surface area contributed by atoms with Crippen LogP contribution in [0.4, 0.5) is 10.8 Å². The number of benzene rings is 1. The van der Waals surface area contributed by atoms with E-state index in [0.29, 0.717) is 33.8 Å². The van der Waals surface area contributed by atoms with Crippen LogP contribution in [0.15, 0.2) is 79.6 Å². The quantitative estimate of drug-likeness (QED) is 0.291. The summed E-state index contributed by atoms with van der Waals surface area (Å²) < 4.78 is 8.05. The van der Waals surface area contributed by atoms with Gasteiger partial charge in [-0.05, 0) is 30.7 Å². The summed E-state index contributed by atoms with van der Waals surface area (Å²) in [5.74, 6) is 0.0354. The van der Waals surface area contributed by atoms with E-state index >= 15 is 0 Å². The van der Waals surface area contributed by atoms with Gasteiger partial charge in [-0.3, -0.25) is 15.1 Å². The summed E-state index contributed by atoms with van der Waals surface area (Å²) in [5.41, 5.74) is 3.67. The molecule has 0 saturated heterocycles. The molecule has 2 N–H and O–H groups in total. The first kappa shape index (κ1) is 24.1. The molecule has 37 heavy (non-hydrogen) atoms. The molecule has 5 rings (SSSR count). The van der Waals surface area contributed by atoms with Crippen LogP contribution in [0.1, 0.15) is 34.6 Å². The maximum absolute atomic E-state index is 13.0. The number of carbonyl (C=O) groups excluding carboxylic acids is 1. The minimum absolute atomic E-state index is 0.239. The Hall–Kier alpha value is -4.64. The highest BCUT2D eigenvalue weighted by Crippen LogP contribution is 2.30. The van der Waals surface area contributed by atoms with Crippen molar-refractivity contribution in [3.63, 3.8) is 0 Å². The molecule has 1 aromatic carbocycles. The van der Waals surface area contributed by atoms with Crippen LogP contribution < -0.4 is 15.4 Å². The lowest BCUT2D eigenvalue weighted by molar-refractivity contribution is 0.102. The van der Waals surface area contributed by atoms with E-state index < -0.39 is 0 Å². The number of imidazole rings is 1. The fourth-order valence-corrected chi connectivity index (χ4v) is 4.30. The number of pyridine rings is 2. The normalized spacial score (nSPS) is 11.6. The van der Waals surface area contributed by atoms with E-state index in [9.17, 15) is 4.79 Å². The Morgan fingerprint density at radius 3 is 2.68 bits per heavy atom. The van der Waals surface area contributed by atoms with Crippen molar-refractivity contribution < 1.29 is 9.53 Å². The van der Waals surface area contributed by atoms with Gasteiger partial charge in [-0.1, -0.05) is 41.7 Å². The third-order valence-corrected chi connectivity index (χ3v) is 6.35. The first-order valence-corrected chi connectivity index (χ1v) is 12.3. The number of anilines is 2. The smallest absolute Gasteiger partial charge is 0.259 e. The minimum Gasteiger partial charge on any atom is -0.468 e. The van der Waals surface area contributed by atoms with Gasteiger partial charge in [0.1, 0.15) is 11.1 Å². The molecular weight excluding hydrogens is 488 g/mol. The maximum Gasteiger partial charge on any atom is 0.259 e. The topological polar surface area (TPSA) is 120 Å². The molecule has 186 valence electrons. The van der Waals surface area contributed by atoms with Crippen molar-refractivity contribution in [3.05, 3.63) is 96.5 Å². The predicted octanol–water partition coefficient (Wildman–Crippen LogP) is 4.73. The third-order valence-electron chi connectivity index (χ3n) is 5.46. The average molecular weight is 513 g/mol. The average Bonchev–Trinajstić information content (AvgIpc) is 3.57. The largest absolute Gasteiger partial charge is 0.468 e. The highest BCUT2D eigenvalue weighted by Gasteiger charge is 2.17. The second-order valence-electron chi connectivity index (χ2n) is 8.23. The van der Waals surface area contributed by atoms with Crippen LogP contribution >= 0.6 is 11.3 Å². The van der Waals surface area contributed by atoms with Crippen molar-refractivity contribution in [3.8, 4) is 16.5 Å². The summed E-state index contributed by atoms with van der Waals surface area (Å²) in [6, 6.07) is 15.3. The van der Waals surface area contributed by atoms with E-state index in [0.717, 1.165) is 16.8 Å².